The average Bonchev–Trinajstić information content (AvgIpc) is 2.23. The van der Waals surface area contributed by atoms with Gasteiger partial charge in [-0.3, -0.25) is 0 Å². The molecule has 1 aromatic heterocycles. The fourth-order valence-corrected chi connectivity index (χ4v) is 1.29. The van der Waals surface area contributed by atoms with E-state index in [4.69, 9.17) is 11.6 Å². The Labute approximate surface area is 94.7 Å². The van der Waals surface area contributed by atoms with Crippen LogP contribution in [0, 0.1) is 6.92 Å². The van der Waals surface area contributed by atoms with Crippen molar-refractivity contribution >= 4 is 17.4 Å². The van der Waals surface area contributed by atoms with Gasteiger partial charge in [0.15, 0.2) is 0 Å². The van der Waals surface area contributed by atoms with Gasteiger partial charge in [0.1, 0.15) is 5.82 Å². The molecule has 0 aromatic carbocycles. The second-order valence-corrected chi connectivity index (χ2v) is 3.79. The number of nitrogens with one attached hydrogen (secondary N) is 1. The Kier molecular flexibility index (Phi) is 4.78. The zero-order chi connectivity index (χ0) is 11.3. The van der Waals surface area contributed by atoms with E-state index in [0.717, 1.165) is 17.8 Å². The van der Waals surface area contributed by atoms with Gasteiger partial charge in [0, 0.05) is 18.3 Å². The summed E-state index contributed by atoms with van der Waals surface area (Å²) in [5, 5.41) is 12.7. The third-order valence-corrected chi connectivity index (χ3v) is 2.37. The number of halogens is 1. The topological polar surface area (TPSA) is 58.0 Å². The van der Waals surface area contributed by atoms with E-state index in [-0.39, 0.29) is 11.4 Å². The molecule has 1 aromatic rings. The van der Waals surface area contributed by atoms with Gasteiger partial charge in [-0.25, -0.2) is 9.97 Å². The summed E-state index contributed by atoms with van der Waals surface area (Å²) in [5.41, 5.74) is 0.949. The van der Waals surface area contributed by atoms with Gasteiger partial charge in [0.25, 0.3) is 0 Å². The van der Waals surface area contributed by atoms with Gasteiger partial charge < -0.3 is 10.4 Å². The van der Waals surface area contributed by atoms with Crippen molar-refractivity contribution in [1.82, 2.24) is 9.97 Å². The van der Waals surface area contributed by atoms with Crippen molar-refractivity contribution in [3.05, 3.63) is 17.0 Å². The van der Waals surface area contributed by atoms with Crippen molar-refractivity contribution in [2.45, 2.75) is 32.8 Å². The van der Waals surface area contributed by atoms with Crippen LogP contribution in [-0.4, -0.2) is 27.7 Å². The van der Waals surface area contributed by atoms with Gasteiger partial charge in [0.05, 0.1) is 6.10 Å². The summed E-state index contributed by atoms with van der Waals surface area (Å²) in [5.74, 6) is 0.735. The van der Waals surface area contributed by atoms with Crippen molar-refractivity contribution in [1.29, 1.82) is 0 Å². The summed E-state index contributed by atoms with van der Waals surface area (Å²) in [4.78, 5) is 7.92. The van der Waals surface area contributed by atoms with E-state index in [9.17, 15) is 5.11 Å². The van der Waals surface area contributed by atoms with Gasteiger partial charge in [-0.05, 0) is 31.4 Å². The van der Waals surface area contributed by atoms with Crippen molar-refractivity contribution in [3.63, 3.8) is 0 Å². The average molecular weight is 230 g/mol. The fraction of sp³-hybridized carbons (Fsp3) is 0.600. The van der Waals surface area contributed by atoms with Crippen LogP contribution < -0.4 is 5.32 Å². The minimum Gasteiger partial charge on any atom is -0.393 e. The normalized spacial score (nSPS) is 12.5. The Morgan fingerprint density at radius 3 is 3.00 bits per heavy atom. The Morgan fingerprint density at radius 1 is 1.60 bits per heavy atom. The molecule has 4 nitrogen and oxygen atoms in total. The number of aryl methyl sites for hydroxylation is 1. The monoisotopic (exact) mass is 229 g/mol. The molecule has 15 heavy (non-hydrogen) atoms. The number of anilines is 1. The van der Waals surface area contributed by atoms with E-state index >= 15 is 0 Å². The zero-order valence-corrected chi connectivity index (χ0v) is 9.75. The first-order valence-corrected chi connectivity index (χ1v) is 5.42. The lowest BCUT2D eigenvalue weighted by Crippen LogP contribution is -2.13. The Morgan fingerprint density at radius 2 is 2.33 bits per heavy atom. The van der Waals surface area contributed by atoms with Crippen LogP contribution in [0.1, 0.15) is 25.3 Å². The SMILES string of the molecule is CCC(O)CCNc1nc(Cl)ncc1C. The van der Waals surface area contributed by atoms with Gasteiger partial charge in [0.2, 0.25) is 5.28 Å². The van der Waals surface area contributed by atoms with Gasteiger partial charge in [-0.2, -0.15) is 0 Å². The quantitative estimate of drug-likeness (QED) is 0.759. The van der Waals surface area contributed by atoms with E-state index in [1.54, 1.807) is 6.20 Å². The van der Waals surface area contributed by atoms with Crippen molar-refractivity contribution < 1.29 is 5.11 Å². The molecule has 0 aliphatic rings. The molecule has 84 valence electrons. The largest absolute Gasteiger partial charge is 0.393 e. The molecule has 0 bridgehead atoms. The zero-order valence-electron chi connectivity index (χ0n) is 9.00. The predicted octanol–water partition coefficient (Wildman–Crippen LogP) is 2.01. The molecule has 1 atom stereocenters. The first-order valence-electron chi connectivity index (χ1n) is 5.04. The Bertz CT molecular complexity index is 320. The minimum atomic E-state index is -0.255. The molecule has 0 amide bonds. The van der Waals surface area contributed by atoms with Crippen LogP contribution in [0.2, 0.25) is 5.28 Å². The van der Waals surface area contributed by atoms with Crippen LogP contribution >= 0.6 is 11.6 Å². The number of rotatable bonds is 5. The van der Waals surface area contributed by atoms with E-state index < -0.39 is 0 Å². The maximum atomic E-state index is 9.36. The fourth-order valence-electron chi connectivity index (χ4n) is 1.16. The smallest absolute Gasteiger partial charge is 0.224 e. The highest BCUT2D eigenvalue weighted by Gasteiger charge is 2.03. The molecular weight excluding hydrogens is 214 g/mol. The molecule has 0 radical (unpaired) electrons. The number of aromatic nitrogens is 2. The maximum absolute atomic E-state index is 9.36. The van der Waals surface area contributed by atoms with Crippen LogP contribution in [0.25, 0.3) is 0 Å². The van der Waals surface area contributed by atoms with Crippen LogP contribution in [0.3, 0.4) is 0 Å². The van der Waals surface area contributed by atoms with E-state index in [0.29, 0.717) is 13.0 Å². The summed E-state index contributed by atoms with van der Waals surface area (Å²) in [6.07, 6.45) is 2.89. The number of nitrogens with zero attached hydrogens (tertiary/aromatic N) is 2. The van der Waals surface area contributed by atoms with Crippen LogP contribution in [0.4, 0.5) is 5.82 Å². The van der Waals surface area contributed by atoms with E-state index in [2.05, 4.69) is 15.3 Å². The van der Waals surface area contributed by atoms with Gasteiger partial charge >= 0.3 is 0 Å². The third-order valence-electron chi connectivity index (χ3n) is 2.18. The minimum absolute atomic E-state index is 0.235. The molecule has 1 unspecified atom stereocenters. The number of aliphatic hydroxyl groups is 1. The molecule has 0 fully saturated rings. The maximum Gasteiger partial charge on any atom is 0.224 e. The van der Waals surface area contributed by atoms with Crippen LogP contribution in [0.15, 0.2) is 6.20 Å². The molecule has 0 saturated carbocycles. The first kappa shape index (κ1) is 12.2. The van der Waals surface area contributed by atoms with Crippen molar-refractivity contribution in [2.75, 3.05) is 11.9 Å². The summed E-state index contributed by atoms with van der Waals surface area (Å²) in [7, 11) is 0. The highest BCUT2D eigenvalue weighted by atomic mass is 35.5. The number of aliphatic hydroxyl groups excluding tert-OH is 1. The molecule has 2 N–H and O–H groups in total. The van der Waals surface area contributed by atoms with Gasteiger partial charge in [-0.15, -0.1) is 0 Å². The van der Waals surface area contributed by atoms with Crippen LogP contribution in [-0.2, 0) is 0 Å². The molecule has 5 heteroatoms. The Hall–Kier alpha value is -0.870. The second kappa shape index (κ2) is 5.88. The highest BCUT2D eigenvalue weighted by molar-refractivity contribution is 6.28. The number of hydrogen-bond donors (Lipinski definition) is 2. The van der Waals surface area contributed by atoms with E-state index in [1.165, 1.54) is 0 Å². The standard InChI is InChI=1S/C10H16ClN3O/c1-3-8(15)4-5-12-9-7(2)6-13-10(11)14-9/h6,8,15H,3-5H2,1-2H3,(H,12,13,14). The molecule has 0 spiro atoms. The van der Waals surface area contributed by atoms with Crippen molar-refractivity contribution in [2.24, 2.45) is 0 Å². The third kappa shape index (κ3) is 4.01. The highest BCUT2D eigenvalue weighted by Crippen LogP contribution is 2.12. The molecular formula is C10H16ClN3O. The Balaban J connectivity index is 2.46. The van der Waals surface area contributed by atoms with Crippen molar-refractivity contribution in [3.8, 4) is 0 Å². The molecule has 0 aliphatic heterocycles. The summed E-state index contributed by atoms with van der Waals surface area (Å²) >= 11 is 5.67. The summed E-state index contributed by atoms with van der Waals surface area (Å²) in [6.45, 7) is 4.55. The number of hydrogen-bond acceptors (Lipinski definition) is 4. The predicted molar refractivity (Wildman–Crippen MR) is 61.2 cm³/mol. The lowest BCUT2D eigenvalue weighted by atomic mass is 10.2. The lowest BCUT2D eigenvalue weighted by Gasteiger charge is -2.10. The first-order chi connectivity index (χ1) is 7.13. The molecule has 0 saturated heterocycles. The summed E-state index contributed by atoms with van der Waals surface area (Å²) < 4.78 is 0. The van der Waals surface area contributed by atoms with Crippen LogP contribution in [0.5, 0.6) is 0 Å². The molecule has 1 rings (SSSR count). The second-order valence-electron chi connectivity index (χ2n) is 3.45. The molecule has 0 aliphatic carbocycles. The van der Waals surface area contributed by atoms with E-state index in [1.807, 2.05) is 13.8 Å². The van der Waals surface area contributed by atoms with Gasteiger partial charge in [-0.1, -0.05) is 6.92 Å². The summed E-state index contributed by atoms with van der Waals surface area (Å²) in [6, 6.07) is 0. The molecule has 1 heterocycles. The lowest BCUT2D eigenvalue weighted by molar-refractivity contribution is 0.164.